The molecule has 1 saturated heterocycles. The molecule has 0 aliphatic carbocycles. The lowest BCUT2D eigenvalue weighted by molar-refractivity contribution is 0.0600. The van der Waals surface area contributed by atoms with E-state index in [1.807, 2.05) is 23.1 Å². The number of thiazole rings is 1. The molecule has 3 heterocycles. The van der Waals surface area contributed by atoms with Crippen molar-refractivity contribution >= 4 is 50.4 Å². The van der Waals surface area contributed by atoms with Gasteiger partial charge in [-0.2, -0.15) is 0 Å². The lowest BCUT2D eigenvalue weighted by atomic mass is 10.1. The number of methoxy groups -OCH3 is 1. The molecule has 0 unspecified atom stereocenters. The van der Waals surface area contributed by atoms with E-state index in [2.05, 4.69) is 4.98 Å². The maximum absolute atomic E-state index is 12.5. The standard InChI is InChI=1S/C18H17ClN2O3S2/c1-23-12-2-3-14-13(10-12)20-18(26-14)24-11-6-8-21(9-7-11)17(22)15-4-5-16(19)25-15/h2-5,10-11H,6-9H2,1H3. The zero-order valence-corrected chi connectivity index (χ0v) is 16.5. The first kappa shape index (κ1) is 17.6. The first-order valence-electron chi connectivity index (χ1n) is 8.28. The van der Waals surface area contributed by atoms with Gasteiger partial charge in [0.1, 0.15) is 11.9 Å². The molecule has 1 amide bonds. The van der Waals surface area contributed by atoms with Crippen LogP contribution in [-0.2, 0) is 0 Å². The van der Waals surface area contributed by atoms with Gasteiger partial charge in [-0.15, -0.1) is 11.3 Å². The zero-order valence-electron chi connectivity index (χ0n) is 14.1. The highest BCUT2D eigenvalue weighted by Gasteiger charge is 2.26. The number of fused-ring (bicyclic) bond motifs is 1. The average molecular weight is 409 g/mol. The molecule has 1 fully saturated rings. The fraction of sp³-hybridized carbons (Fsp3) is 0.333. The minimum absolute atomic E-state index is 0.0485. The normalized spacial score (nSPS) is 15.4. The van der Waals surface area contributed by atoms with Crippen molar-refractivity contribution in [3.8, 4) is 10.9 Å². The van der Waals surface area contributed by atoms with Crippen LogP contribution in [0, 0.1) is 0 Å². The van der Waals surface area contributed by atoms with Crippen LogP contribution in [0.2, 0.25) is 4.34 Å². The van der Waals surface area contributed by atoms with Gasteiger partial charge in [0, 0.05) is 32.0 Å². The van der Waals surface area contributed by atoms with Crippen molar-refractivity contribution in [1.29, 1.82) is 0 Å². The van der Waals surface area contributed by atoms with Crippen LogP contribution in [0.3, 0.4) is 0 Å². The maximum atomic E-state index is 12.5. The number of ether oxygens (including phenoxy) is 2. The Kier molecular flexibility index (Phi) is 5.02. The largest absolute Gasteiger partial charge is 0.497 e. The van der Waals surface area contributed by atoms with Gasteiger partial charge in [-0.05, 0) is 24.3 Å². The van der Waals surface area contributed by atoms with Crippen molar-refractivity contribution in [2.75, 3.05) is 20.2 Å². The number of aromatic nitrogens is 1. The van der Waals surface area contributed by atoms with Crippen molar-refractivity contribution < 1.29 is 14.3 Å². The first-order chi connectivity index (χ1) is 12.6. The number of carbonyl (C=O) groups is 1. The molecule has 1 aliphatic rings. The van der Waals surface area contributed by atoms with E-state index in [1.54, 1.807) is 19.2 Å². The predicted octanol–water partition coefficient (Wildman–Crippen LogP) is 4.70. The van der Waals surface area contributed by atoms with Gasteiger partial charge in [0.15, 0.2) is 0 Å². The molecular weight excluding hydrogens is 392 g/mol. The molecule has 0 bridgehead atoms. The number of amides is 1. The van der Waals surface area contributed by atoms with E-state index >= 15 is 0 Å². The third-order valence-corrected chi connectivity index (χ3v) is 6.50. The molecule has 0 N–H and O–H groups in total. The SMILES string of the molecule is COc1ccc2sc(OC3CCN(C(=O)c4ccc(Cl)s4)CC3)nc2c1. The van der Waals surface area contributed by atoms with Gasteiger partial charge in [0.05, 0.1) is 26.5 Å². The minimum Gasteiger partial charge on any atom is -0.497 e. The lowest BCUT2D eigenvalue weighted by Crippen LogP contribution is -2.41. The highest BCUT2D eigenvalue weighted by atomic mass is 35.5. The van der Waals surface area contributed by atoms with Gasteiger partial charge < -0.3 is 14.4 Å². The number of thiophene rings is 1. The Labute approximate surface area is 164 Å². The number of rotatable bonds is 4. The van der Waals surface area contributed by atoms with Crippen molar-refractivity contribution in [2.24, 2.45) is 0 Å². The Hall–Kier alpha value is -1.83. The number of hydrogen-bond donors (Lipinski definition) is 0. The number of likely N-dealkylation sites (tertiary alicyclic amines) is 1. The second-order valence-electron chi connectivity index (χ2n) is 6.03. The van der Waals surface area contributed by atoms with E-state index in [9.17, 15) is 4.79 Å². The van der Waals surface area contributed by atoms with Gasteiger partial charge in [-0.3, -0.25) is 4.79 Å². The van der Waals surface area contributed by atoms with Crippen LogP contribution in [0.15, 0.2) is 30.3 Å². The molecule has 0 saturated carbocycles. The summed E-state index contributed by atoms with van der Waals surface area (Å²) in [6.45, 7) is 1.36. The molecule has 0 atom stereocenters. The molecule has 3 aromatic rings. The smallest absolute Gasteiger partial charge is 0.274 e. The van der Waals surface area contributed by atoms with E-state index in [-0.39, 0.29) is 12.0 Å². The van der Waals surface area contributed by atoms with Crippen LogP contribution in [-0.4, -0.2) is 42.1 Å². The van der Waals surface area contributed by atoms with Crippen molar-refractivity contribution in [2.45, 2.75) is 18.9 Å². The van der Waals surface area contributed by atoms with Crippen LogP contribution >= 0.6 is 34.3 Å². The molecule has 136 valence electrons. The molecule has 0 radical (unpaired) electrons. The fourth-order valence-corrected chi connectivity index (χ4v) is 4.84. The van der Waals surface area contributed by atoms with E-state index in [0.717, 1.165) is 28.8 Å². The Bertz CT molecular complexity index is 932. The van der Waals surface area contributed by atoms with Gasteiger partial charge in [0.25, 0.3) is 11.1 Å². The summed E-state index contributed by atoms with van der Waals surface area (Å²) in [4.78, 5) is 19.6. The summed E-state index contributed by atoms with van der Waals surface area (Å²) in [5.74, 6) is 0.835. The van der Waals surface area contributed by atoms with Gasteiger partial charge >= 0.3 is 0 Å². The predicted molar refractivity (Wildman–Crippen MR) is 105 cm³/mol. The monoisotopic (exact) mass is 408 g/mol. The Morgan fingerprint density at radius 1 is 1.23 bits per heavy atom. The quantitative estimate of drug-likeness (QED) is 0.627. The average Bonchev–Trinajstić information content (AvgIpc) is 3.26. The number of halogens is 1. The highest BCUT2D eigenvalue weighted by molar-refractivity contribution is 7.20. The molecule has 26 heavy (non-hydrogen) atoms. The Morgan fingerprint density at radius 3 is 2.73 bits per heavy atom. The van der Waals surface area contributed by atoms with Crippen LogP contribution in [0.25, 0.3) is 10.2 Å². The van der Waals surface area contributed by atoms with Crippen LogP contribution in [0.5, 0.6) is 10.9 Å². The van der Waals surface area contributed by atoms with Gasteiger partial charge in [0.2, 0.25) is 0 Å². The molecule has 5 nitrogen and oxygen atoms in total. The van der Waals surface area contributed by atoms with E-state index < -0.39 is 0 Å². The van der Waals surface area contributed by atoms with E-state index in [0.29, 0.717) is 27.5 Å². The molecule has 1 aliphatic heterocycles. The lowest BCUT2D eigenvalue weighted by Gasteiger charge is -2.31. The van der Waals surface area contributed by atoms with Gasteiger partial charge in [-0.1, -0.05) is 22.9 Å². The summed E-state index contributed by atoms with van der Waals surface area (Å²) in [6, 6.07) is 9.37. The summed E-state index contributed by atoms with van der Waals surface area (Å²) < 4.78 is 13.0. The molecule has 4 rings (SSSR count). The molecule has 8 heteroatoms. The summed E-state index contributed by atoms with van der Waals surface area (Å²) in [6.07, 6.45) is 1.67. The van der Waals surface area contributed by atoms with Crippen LogP contribution in [0.1, 0.15) is 22.5 Å². The van der Waals surface area contributed by atoms with Crippen molar-refractivity contribution in [1.82, 2.24) is 9.88 Å². The Balaban J connectivity index is 1.37. The second kappa shape index (κ2) is 7.42. The third kappa shape index (κ3) is 3.65. The minimum atomic E-state index is 0.0485. The second-order valence-corrected chi connectivity index (χ2v) is 8.73. The fourth-order valence-electron chi connectivity index (χ4n) is 2.97. The van der Waals surface area contributed by atoms with Crippen LogP contribution in [0.4, 0.5) is 0 Å². The van der Waals surface area contributed by atoms with E-state index in [4.69, 9.17) is 21.1 Å². The topological polar surface area (TPSA) is 51.7 Å². The van der Waals surface area contributed by atoms with Crippen molar-refractivity contribution in [3.63, 3.8) is 0 Å². The number of piperidine rings is 1. The first-order valence-corrected chi connectivity index (χ1v) is 10.3. The summed E-state index contributed by atoms with van der Waals surface area (Å²) >= 11 is 8.78. The van der Waals surface area contributed by atoms with Gasteiger partial charge in [-0.25, -0.2) is 4.98 Å². The molecular formula is C18H17ClN2O3S2. The summed E-state index contributed by atoms with van der Waals surface area (Å²) in [5, 5.41) is 0.670. The molecule has 0 spiro atoms. The van der Waals surface area contributed by atoms with Crippen molar-refractivity contribution in [3.05, 3.63) is 39.5 Å². The maximum Gasteiger partial charge on any atom is 0.274 e. The Morgan fingerprint density at radius 2 is 2.04 bits per heavy atom. The third-order valence-electron chi connectivity index (χ3n) is 4.36. The van der Waals surface area contributed by atoms with Crippen LogP contribution < -0.4 is 9.47 Å². The zero-order chi connectivity index (χ0) is 18.1. The highest BCUT2D eigenvalue weighted by Crippen LogP contribution is 2.32. The number of benzene rings is 1. The summed E-state index contributed by atoms with van der Waals surface area (Å²) in [7, 11) is 1.64. The number of nitrogens with zero attached hydrogens (tertiary/aromatic N) is 2. The molecule has 2 aromatic heterocycles. The summed E-state index contributed by atoms with van der Waals surface area (Å²) in [5.41, 5.74) is 0.881. The number of carbonyl (C=O) groups excluding carboxylic acids is 1. The van der Waals surface area contributed by atoms with E-state index in [1.165, 1.54) is 22.7 Å². The number of hydrogen-bond acceptors (Lipinski definition) is 6. The molecule has 1 aromatic carbocycles.